The summed E-state index contributed by atoms with van der Waals surface area (Å²) < 4.78 is 0. The van der Waals surface area contributed by atoms with Gasteiger partial charge in [0.25, 0.3) is 0 Å². The van der Waals surface area contributed by atoms with E-state index in [0.717, 1.165) is 6.42 Å². The second-order valence-corrected chi connectivity index (χ2v) is 4.34. The average molecular weight is 229 g/mol. The molecule has 16 heavy (non-hydrogen) atoms. The number of carboxylic acid groups (broad SMARTS) is 1. The van der Waals surface area contributed by atoms with Crippen LogP contribution in [0.1, 0.15) is 47.0 Å². The van der Waals surface area contributed by atoms with Gasteiger partial charge in [-0.05, 0) is 26.2 Å². The van der Waals surface area contributed by atoms with Crippen LogP contribution in [0.5, 0.6) is 0 Å². The van der Waals surface area contributed by atoms with E-state index in [1.165, 1.54) is 0 Å². The topological polar surface area (TPSA) is 57.6 Å². The molecular formula is C12H23NO3. The van der Waals surface area contributed by atoms with Crippen molar-refractivity contribution in [3.05, 3.63) is 0 Å². The Morgan fingerprint density at radius 2 is 1.75 bits per heavy atom. The normalized spacial score (nSPS) is 14.2. The molecule has 0 saturated heterocycles. The van der Waals surface area contributed by atoms with Crippen molar-refractivity contribution in [2.45, 2.75) is 53.0 Å². The maximum Gasteiger partial charge on any atom is 0.303 e. The first-order chi connectivity index (χ1) is 7.42. The number of rotatable bonds is 7. The van der Waals surface area contributed by atoms with E-state index in [1.807, 2.05) is 25.7 Å². The number of amides is 1. The first-order valence-electron chi connectivity index (χ1n) is 5.93. The van der Waals surface area contributed by atoms with Crippen LogP contribution < -0.4 is 0 Å². The molecule has 0 radical (unpaired) electrons. The fourth-order valence-corrected chi connectivity index (χ4v) is 1.74. The van der Waals surface area contributed by atoms with Crippen molar-refractivity contribution in [2.24, 2.45) is 5.92 Å². The zero-order chi connectivity index (χ0) is 12.7. The van der Waals surface area contributed by atoms with Crippen LogP contribution in [-0.2, 0) is 9.59 Å². The van der Waals surface area contributed by atoms with Crippen molar-refractivity contribution in [1.29, 1.82) is 0 Å². The summed E-state index contributed by atoms with van der Waals surface area (Å²) in [6.07, 6.45) is 1.31. The second kappa shape index (κ2) is 7.25. The van der Waals surface area contributed by atoms with Gasteiger partial charge in [0.1, 0.15) is 0 Å². The van der Waals surface area contributed by atoms with Crippen molar-refractivity contribution < 1.29 is 14.7 Å². The fourth-order valence-electron chi connectivity index (χ4n) is 1.74. The molecule has 0 aliphatic heterocycles. The quantitative estimate of drug-likeness (QED) is 0.727. The van der Waals surface area contributed by atoms with E-state index in [1.54, 1.807) is 6.92 Å². The van der Waals surface area contributed by atoms with E-state index in [9.17, 15) is 9.59 Å². The summed E-state index contributed by atoms with van der Waals surface area (Å²) in [5, 5.41) is 8.62. The molecule has 2 atom stereocenters. The van der Waals surface area contributed by atoms with Crippen LogP contribution in [0, 0.1) is 5.92 Å². The molecule has 0 spiro atoms. The Balaban J connectivity index is 4.25. The zero-order valence-electron chi connectivity index (χ0n) is 10.7. The predicted molar refractivity (Wildman–Crippen MR) is 63.2 cm³/mol. The summed E-state index contributed by atoms with van der Waals surface area (Å²) in [7, 11) is 0. The number of carboxylic acids is 1. The standard InChI is InChI=1S/C12H23NO3/c1-5-10(4)13(6-2)11(14)7-9(3)8-12(15)16/h9-10H,5-8H2,1-4H3,(H,15,16). The molecule has 4 heteroatoms. The van der Waals surface area contributed by atoms with Crippen LogP contribution in [0.4, 0.5) is 0 Å². The number of hydrogen-bond donors (Lipinski definition) is 1. The molecule has 2 unspecified atom stereocenters. The molecule has 1 amide bonds. The number of hydrogen-bond acceptors (Lipinski definition) is 2. The first-order valence-corrected chi connectivity index (χ1v) is 5.93. The minimum atomic E-state index is -0.841. The Bertz CT molecular complexity index is 240. The van der Waals surface area contributed by atoms with Crippen LogP contribution in [0.25, 0.3) is 0 Å². The Labute approximate surface area is 97.6 Å². The monoisotopic (exact) mass is 229 g/mol. The highest BCUT2D eigenvalue weighted by Gasteiger charge is 2.20. The molecule has 0 rings (SSSR count). The number of carbonyl (C=O) groups excluding carboxylic acids is 1. The van der Waals surface area contributed by atoms with Gasteiger partial charge in [0.15, 0.2) is 0 Å². The third-order valence-electron chi connectivity index (χ3n) is 2.83. The van der Waals surface area contributed by atoms with Gasteiger partial charge in [0.05, 0.1) is 0 Å². The Morgan fingerprint density at radius 1 is 1.19 bits per heavy atom. The first kappa shape index (κ1) is 14.9. The molecular weight excluding hydrogens is 206 g/mol. The van der Waals surface area contributed by atoms with Crippen molar-refractivity contribution in [3.63, 3.8) is 0 Å². The molecule has 0 fully saturated rings. The van der Waals surface area contributed by atoms with Crippen LogP contribution in [0.3, 0.4) is 0 Å². The Morgan fingerprint density at radius 3 is 2.12 bits per heavy atom. The van der Waals surface area contributed by atoms with Crippen molar-refractivity contribution in [1.82, 2.24) is 4.90 Å². The number of nitrogens with zero attached hydrogens (tertiary/aromatic N) is 1. The van der Waals surface area contributed by atoms with Crippen LogP contribution in [-0.4, -0.2) is 34.5 Å². The highest BCUT2D eigenvalue weighted by molar-refractivity contribution is 5.77. The molecule has 0 aliphatic carbocycles. The minimum absolute atomic E-state index is 0.0593. The van der Waals surface area contributed by atoms with Gasteiger partial charge in [0, 0.05) is 25.4 Å². The van der Waals surface area contributed by atoms with E-state index in [-0.39, 0.29) is 24.3 Å². The van der Waals surface area contributed by atoms with Crippen molar-refractivity contribution >= 4 is 11.9 Å². The Hall–Kier alpha value is -1.06. The zero-order valence-corrected chi connectivity index (χ0v) is 10.7. The second-order valence-electron chi connectivity index (χ2n) is 4.34. The highest BCUT2D eigenvalue weighted by atomic mass is 16.4. The summed E-state index contributed by atoms with van der Waals surface area (Å²) in [6, 6.07) is 0.231. The SMILES string of the molecule is CCC(C)N(CC)C(=O)CC(C)CC(=O)O. The lowest BCUT2D eigenvalue weighted by Gasteiger charge is -2.28. The summed E-state index contributed by atoms with van der Waals surface area (Å²) in [5.74, 6) is -0.874. The van der Waals surface area contributed by atoms with Gasteiger partial charge in [-0.25, -0.2) is 0 Å². The number of aliphatic carboxylic acids is 1. The third kappa shape index (κ3) is 5.14. The van der Waals surface area contributed by atoms with Gasteiger partial charge in [-0.15, -0.1) is 0 Å². The molecule has 0 saturated carbocycles. The van der Waals surface area contributed by atoms with Crippen molar-refractivity contribution in [2.75, 3.05) is 6.54 Å². The maximum absolute atomic E-state index is 11.9. The van der Waals surface area contributed by atoms with E-state index in [4.69, 9.17) is 5.11 Å². The highest BCUT2D eigenvalue weighted by Crippen LogP contribution is 2.12. The minimum Gasteiger partial charge on any atom is -0.481 e. The molecule has 4 nitrogen and oxygen atoms in total. The lowest BCUT2D eigenvalue weighted by Crippen LogP contribution is -2.38. The fraction of sp³-hybridized carbons (Fsp3) is 0.833. The van der Waals surface area contributed by atoms with E-state index < -0.39 is 5.97 Å². The third-order valence-corrected chi connectivity index (χ3v) is 2.83. The molecule has 0 aliphatic rings. The molecule has 0 bridgehead atoms. The van der Waals surface area contributed by atoms with Crippen LogP contribution in [0.15, 0.2) is 0 Å². The molecule has 94 valence electrons. The summed E-state index contributed by atoms with van der Waals surface area (Å²) in [6.45, 7) is 8.50. The van der Waals surface area contributed by atoms with Gasteiger partial charge in [-0.2, -0.15) is 0 Å². The van der Waals surface area contributed by atoms with Gasteiger partial charge in [0.2, 0.25) is 5.91 Å². The van der Waals surface area contributed by atoms with Crippen LogP contribution in [0.2, 0.25) is 0 Å². The van der Waals surface area contributed by atoms with E-state index >= 15 is 0 Å². The van der Waals surface area contributed by atoms with Crippen molar-refractivity contribution in [3.8, 4) is 0 Å². The molecule has 0 aromatic rings. The van der Waals surface area contributed by atoms with Gasteiger partial charge >= 0.3 is 5.97 Å². The lowest BCUT2D eigenvalue weighted by molar-refractivity contribution is -0.139. The molecule has 1 N–H and O–H groups in total. The molecule has 0 heterocycles. The van der Waals surface area contributed by atoms with E-state index in [0.29, 0.717) is 13.0 Å². The van der Waals surface area contributed by atoms with Gasteiger partial charge < -0.3 is 10.0 Å². The van der Waals surface area contributed by atoms with E-state index in [2.05, 4.69) is 0 Å². The summed E-state index contributed by atoms with van der Waals surface area (Å²) >= 11 is 0. The predicted octanol–water partition coefficient (Wildman–Crippen LogP) is 2.13. The summed E-state index contributed by atoms with van der Waals surface area (Å²) in [5.41, 5.74) is 0. The maximum atomic E-state index is 11.9. The lowest BCUT2D eigenvalue weighted by atomic mass is 10.0. The molecule has 0 aromatic heterocycles. The number of carbonyl (C=O) groups is 2. The van der Waals surface area contributed by atoms with Gasteiger partial charge in [-0.3, -0.25) is 9.59 Å². The molecule has 0 aromatic carbocycles. The average Bonchev–Trinajstić information content (AvgIpc) is 2.16. The summed E-state index contributed by atoms with van der Waals surface area (Å²) in [4.78, 5) is 24.2. The largest absolute Gasteiger partial charge is 0.481 e. The van der Waals surface area contributed by atoms with Gasteiger partial charge in [-0.1, -0.05) is 13.8 Å². The van der Waals surface area contributed by atoms with Crippen LogP contribution >= 0.6 is 0 Å². The smallest absolute Gasteiger partial charge is 0.303 e. The Kier molecular flexibility index (Phi) is 6.77.